The topological polar surface area (TPSA) is 58.1 Å². The van der Waals surface area contributed by atoms with E-state index in [1.165, 1.54) is 11.5 Å². The standard InChI is InChI=1S/C16H22N4OS/c1-5-12-8-6-7-9-13(12)17-14(21)10-20(4)16-18-15(11(2)3)19-22-16/h6-9,11H,5,10H2,1-4H3,(H,17,21). The first-order valence-electron chi connectivity index (χ1n) is 7.43. The van der Waals surface area contributed by atoms with Crippen molar-refractivity contribution in [1.82, 2.24) is 9.36 Å². The molecule has 0 unspecified atom stereocenters. The first-order valence-corrected chi connectivity index (χ1v) is 8.21. The van der Waals surface area contributed by atoms with Crippen molar-refractivity contribution < 1.29 is 4.79 Å². The van der Waals surface area contributed by atoms with Gasteiger partial charge in [0.2, 0.25) is 11.0 Å². The number of nitrogens with zero attached hydrogens (tertiary/aromatic N) is 3. The summed E-state index contributed by atoms with van der Waals surface area (Å²) in [4.78, 5) is 18.5. The lowest BCUT2D eigenvalue weighted by molar-refractivity contribution is -0.114. The Kier molecular flexibility index (Phi) is 5.49. The van der Waals surface area contributed by atoms with Gasteiger partial charge in [-0.05, 0) is 18.1 Å². The Balaban J connectivity index is 1.98. The SMILES string of the molecule is CCc1ccccc1NC(=O)CN(C)c1nc(C(C)C)ns1. The maximum atomic E-state index is 12.2. The minimum Gasteiger partial charge on any atom is -0.341 e. The summed E-state index contributed by atoms with van der Waals surface area (Å²) >= 11 is 1.33. The molecule has 5 nitrogen and oxygen atoms in total. The maximum absolute atomic E-state index is 12.2. The van der Waals surface area contributed by atoms with Crippen molar-refractivity contribution in [1.29, 1.82) is 0 Å². The van der Waals surface area contributed by atoms with Crippen LogP contribution >= 0.6 is 11.5 Å². The number of hydrogen-bond donors (Lipinski definition) is 1. The predicted molar refractivity (Wildman–Crippen MR) is 91.7 cm³/mol. The van der Waals surface area contributed by atoms with Gasteiger partial charge in [0.15, 0.2) is 0 Å². The molecular formula is C16H22N4OS. The van der Waals surface area contributed by atoms with Crippen LogP contribution in [0.5, 0.6) is 0 Å². The Morgan fingerprint density at radius 2 is 2.09 bits per heavy atom. The smallest absolute Gasteiger partial charge is 0.243 e. The molecular weight excluding hydrogens is 296 g/mol. The fourth-order valence-corrected chi connectivity index (χ4v) is 2.80. The van der Waals surface area contributed by atoms with Gasteiger partial charge in [0.1, 0.15) is 5.82 Å². The van der Waals surface area contributed by atoms with Crippen LogP contribution in [-0.4, -0.2) is 28.9 Å². The number of aryl methyl sites for hydroxylation is 1. The number of amides is 1. The maximum Gasteiger partial charge on any atom is 0.243 e. The number of anilines is 2. The van der Waals surface area contributed by atoms with Gasteiger partial charge in [0.05, 0.1) is 6.54 Å². The second kappa shape index (κ2) is 7.35. The number of carbonyl (C=O) groups is 1. The summed E-state index contributed by atoms with van der Waals surface area (Å²) in [5, 5.41) is 3.73. The van der Waals surface area contributed by atoms with Crippen molar-refractivity contribution in [3.05, 3.63) is 35.7 Å². The number of rotatable bonds is 6. The van der Waals surface area contributed by atoms with Crippen molar-refractivity contribution in [3.63, 3.8) is 0 Å². The third-order valence-electron chi connectivity index (χ3n) is 3.33. The molecule has 0 saturated carbocycles. The van der Waals surface area contributed by atoms with E-state index in [0.717, 1.165) is 28.6 Å². The highest BCUT2D eigenvalue weighted by molar-refractivity contribution is 7.09. The van der Waals surface area contributed by atoms with Crippen molar-refractivity contribution in [3.8, 4) is 0 Å². The molecule has 0 aliphatic carbocycles. The molecule has 22 heavy (non-hydrogen) atoms. The van der Waals surface area contributed by atoms with Crippen molar-refractivity contribution >= 4 is 28.3 Å². The van der Waals surface area contributed by atoms with Crippen molar-refractivity contribution in [2.75, 3.05) is 23.8 Å². The van der Waals surface area contributed by atoms with E-state index in [4.69, 9.17) is 0 Å². The van der Waals surface area contributed by atoms with E-state index in [1.807, 2.05) is 36.2 Å². The summed E-state index contributed by atoms with van der Waals surface area (Å²) in [6.07, 6.45) is 0.889. The van der Waals surface area contributed by atoms with Gasteiger partial charge in [-0.1, -0.05) is 39.0 Å². The zero-order chi connectivity index (χ0) is 16.1. The molecule has 0 spiro atoms. The number of likely N-dealkylation sites (N-methyl/N-ethyl adjacent to an activating group) is 1. The average Bonchev–Trinajstić information content (AvgIpc) is 2.98. The minimum atomic E-state index is -0.0512. The lowest BCUT2D eigenvalue weighted by atomic mass is 10.1. The fraction of sp³-hybridized carbons (Fsp3) is 0.438. The van der Waals surface area contributed by atoms with Gasteiger partial charge in [-0.25, -0.2) is 4.98 Å². The Hall–Kier alpha value is -1.95. The molecule has 0 radical (unpaired) electrons. The molecule has 1 amide bonds. The average molecular weight is 318 g/mol. The molecule has 1 aromatic carbocycles. The van der Waals surface area contributed by atoms with Crippen molar-refractivity contribution in [2.45, 2.75) is 33.1 Å². The van der Waals surface area contributed by atoms with Gasteiger partial charge in [0, 0.05) is 30.2 Å². The van der Waals surface area contributed by atoms with E-state index in [9.17, 15) is 4.79 Å². The van der Waals surface area contributed by atoms with Gasteiger partial charge >= 0.3 is 0 Å². The normalized spacial score (nSPS) is 10.8. The Morgan fingerprint density at radius 1 is 1.36 bits per heavy atom. The number of aromatic nitrogens is 2. The third-order valence-corrected chi connectivity index (χ3v) is 4.17. The summed E-state index contributed by atoms with van der Waals surface area (Å²) < 4.78 is 4.31. The fourth-order valence-electron chi connectivity index (χ4n) is 2.04. The largest absolute Gasteiger partial charge is 0.341 e. The Bertz CT molecular complexity index is 639. The van der Waals surface area contributed by atoms with Crippen LogP contribution in [0.2, 0.25) is 0 Å². The van der Waals surface area contributed by atoms with Gasteiger partial charge in [-0.3, -0.25) is 4.79 Å². The van der Waals surface area contributed by atoms with Gasteiger partial charge < -0.3 is 10.2 Å². The van der Waals surface area contributed by atoms with Crippen LogP contribution < -0.4 is 10.2 Å². The van der Waals surface area contributed by atoms with Crippen LogP contribution in [0.1, 0.15) is 38.1 Å². The third kappa shape index (κ3) is 4.04. The zero-order valence-electron chi connectivity index (χ0n) is 13.5. The number of carbonyl (C=O) groups excluding carboxylic acids is 1. The van der Waals surface area contributed by atoms with Crippen LogP contribution in [-0.2, 0) is 11.2 Å². The van der Waals surface area contributed by atoms with E-state index in [2.05, 4.69) is 35.4 Å². The predicted octanol–water partition coefficient (Wildman–Crippen LogP) is 3.30. The first kappa shape index (κ1) is 16.4. The van der Waals surface area contributed by atoms with Gasteiger partial charge in [-0.2, -0.15) is 4.37 Å². The van der Waals surface area contributed by atoms with Gasteiger partial charge in [0.25, 0.3) is 0 Å². The Labute approximate surface area is 135 Å². The van der Waals surface area contributed by atoms with E-state index in [1.54, 1.807) is 0 Å². The molecule has 0 aliphatic rings. The zero-order valence-corrected chi connectivity index (χ0v) is 14.3. The summed E-state index contributed by atoms with van der Waals surface area (Å²) in [6, 6.07) is 7.87. The summed E-state index contributed by atoms with van der Waals surface area (Å²) in [5.74, 6) is 1.07. The number of para-hydroxylation sites is 1. The van der Waals surface area contributed by atoms with E-state index < -0.39 is 0 Å². The molecule has 2 rings (SSSR count). The van der Waals surface area contributed by atoms with Crippen LogP contribution in [0.15, 0.2) is 24.3 Å². The molecule has 0 atom stereocenters. The van der Waals surface area contributed by atoms with Crippen LogP contribution in [0.25, 0.3) is 0 Å². The number of benzene rings is 1. The summed E-state index contributed by atoms with van der Waals surface area (Å²) in [6.45, 7) is 6.44. The molecule has 2 aromatic rings. The van der Waals surface area contributed by atoms with E-state index in [-0.39, 0.29) is 12.5 Å². The molecule has 0 bridgehead atoms. The second-order valence-electron chi connectivity index (χ2n) is 5.50. The second-order valence-corrected chi connectivity index (χ2v) is 6.24. The van der Waals surface area contributed by atoms with Crippen LogP contribution in [0.4, 0.5) is 10.8 Å². The lowest BCUT2D eigenvalue weighted by Crippen LogP contribution is -2.30. The number of nitrogens with one attached hydrogen (secondary N) is 1. The minimum absolute atomic E-state index is 0.0512. The molecule has 0 fully saturated rings. The van der Waals surface area contributed by atoms with E-state index >= 15 is 0 Å². The highest BCUT2D eigenvalue weighted by Gasteiger charge is 2.14. The highest BCUT2D eigenvalue weighted by Crippen LogP contribution is 2.20. The molecule has 0 saturated heterocycles. The summed E-state index contributed by atoms with van der Waals surface area (Å²) in [5.41, 5.74) is 2.01. The van der Waals surface area contributed by atoms with E-state index in [0.29, 0.717) is 5.92 Å². The molecule has 1 heterocycles. The molecule has 1 N–H and O–H groups in total. The first-order chi connectivity index (χ1) is 10.5. The number of hydrogen-bond acceptors (Lipinski definition) is 5. The van der Waals surface area contributed by atoms with Gasteiger partial charge in [-0.15, -0.1) is 0 Å². The molecule has 118 valence electrons. The molecule has 0 aliphatic heterocycles. The van der Waals surface area contributed by atoms with Crippen LogP contribution in [0, 0.1) is 0 Å². The quantitative estimate of drug-likeness (QED) is 0.888. The van der Waals surface area contributed by atoms with Crippen molar-refractivity contribution in [2.24, 2.45) is 0 Å². The van der Waals surface area contributed by atoms with Crippen LogP contribution in [0.3, 0.4) is 0 Å². The Morgan fingerprint density at radius 3 is 2.73 bits per heavy atom. The lowest BCUT2D eigenvalue weighted by Gasteiger charge is -2.16. The molecule has 6 heteroatoms. The summed E-state index contributed by atoms with van der Waals surface area (Å²) in [7, 11) is 1.86. The molecule has 1 aromatic heterocycles. The highest BCUT2D eigenvalue weighted by atomic mass is 32.1. The monoisotopic (exact) mass is 318 g/mol.